The smallest absolute Gasteiger partial charge is 0.246 e. The summed E-state index contributed by atoms with van der Waals surface area (Å²) < 4.78 is 34.9. The van der Waals surface area contributed by atoms with Crippen molar-refractivity contribution in [3.05, 3.63) is 35.2 Å². The van der Waals surface area contributed by atoms with Gasteiger partial charge in [-0.25, -0.2) is 8.42 Å². The number of carbonyl (C=O) groups excluding carboxylic acids is 1. The highest BCUT2D eigenvalue weighted by Gasteiger charge is 2.33. The number of aryl methyl sites for hydroxylation is 3. The van der Waals surface area contributed by atoms with Crippen molar-refractivity contribution in [2.45, 2.75) is 58.4 Å². The van der Waals surface area contributed by atoms with E-state index in [0.717, 1.165) is 18.4 Å². The normalized spacial score (nSPS) is 15.8. The number of piperidine rings is 1. The number of hydrogen-bond acceptors (Lipinski definition) is 5. The molecule has 0 aliphatic carbocycles. The van der Waals surface area contributed by atoms with Gasteiger partial charge in [0.15, 0.2) is 0 Å². The fourth-order valence-electron chi connectivity index (χ4n) is 3.97. The molecule has 0 spiro atoms. The average molecular weight is 449 g/mol. The zero-order chi connectivity index (χ0) is 22.8. The fraction of sp³-hybridized carbons (Fsp3) is 0.545. The lowest BCUT2D eigenvalue weighted by atomic mass is 10.0. The monoisotopic (exact) mass is 448 g/mol. The van der Waals surface area contributed by atoms with E-state index in [1.807, 2.05) is 25.1 Å². The van der Waals surface area contributed by atoms with Gasteiger partial charge in [-0.05, 0) is 57.2 Å². The number of benzene rings is 1. The number of amides is 1. The minimum atomic E-state index is -3.59. The van der Waals surface area contributed by atoms with E-state index in [-0.39, 0.29) is 17.2 Å². The van der Waals surface area contributed by atoms with E-state index in [1.54, 1.807) is 29.9 Å². The molecule has 31 heavy (non-hydrogen) atoms. The van der Waals surface area contributed by atoms with E-state index in [0.29, 0.717) is 48.4 Å². The Hall–Kier alpha value is -2.39. The standard InChI is InChI=1S/C22H32N4O4S/c1-15-8-11-25(12-9-15)31(28,29)22-17(3)24-26(18(22)4)13-10-21(27)23-19-14-16(2)6-7-20(19)30-5/h6-7,14-15H,8-13H2,1-5H3,(H,23,27). The third-order valence-electron chi connectivity index (χ3n) is 5.84. The summed E-state index contributed by atoms with van der Waals surface area (Å²) in [5, 5.41) is 7.29. The molecule has 170 valence electrons. The van der Waals surface area contributed by atoms with E-state index in [9.17, 15) is 13.2 Å². The minimum Gasteiger partial charge on any atom is -0.495 e. The molecule has 8 nitrogen and oxygen atoms in total. The predicted octanol–water partition coefficient (Wildman–Crippen LogP) is 3.27. The molecule has 0 unspecified atom stereocenters. The summed E-state index contributed by atoms with van der Waals surface area (Å²) >= 11 is 0. The molecule has 0 atom stereocenters. The molecule has 0 saturated carbocycles. The summed E-state index contributed by atoms with van der Waals surface area (Å²) in [4.78, 5) is 12.8. The van der Waals surface area contributed by atoms with Gasteiger partial charge in [0.25, 0.3) is 0 Å². The summed E-state index contributed by atoms with van der Waals surface area (Å²) in [6.45, 7) is 8.91. The summed E-state index contributed by atoms with van der Waals surface area (Å²) in [5.74, 6) is 0.946. The largest absolute Gasteiger partial charge is 0.495 e. The Kier molecular flexibility index (Phi) is 7.06. The van der Waals surface area contributed by atoms with Crippen molar-refractivity contribution in [1.29, 1.82) is 0 Å². The highest BCUT2D eigenvalue weighted by molar-refractivity contribution is 7.89. The third kappa shape index (κ3) is 5.10. The van der Waals surface area contributed by atoms with Crippen molar-refractivity contribution in [2.75, 3.05) is 25.5 Å². The summed E-state index contributed by atoms with van der Waals surface area (Å²) in [6, 6.07) is 5.57. The number of ether oxygens (including phenoxy) is 1. The molecule has 1 aromatic carbocycles. The quantitative estimate of drug-likeness (QED) is 0.702. The Morgan fingerprint density at radius 1 is 1.23 bits per heavy atom. The van der Waals surface area contributed by atoms with Crippen LogP contribution in [0, 0.1) is 26.7 Å². The van der Waals surface area contributed by atoms with Crippen LogP contribution in [0.5, 0.6) is 5.75 Å². The molecule has 2 heterocycles. The number of nitrogens with one attached hydrogen (secondary N) is 1. The zero-order valence-corrected chi connectivity index (χ0v) is 19.8. The first-order valence-electron chi connectivity index (χ1n) is 10.6. The van der Waals surface area contributed by atoms with Crippen molar-refractivity contribution in [3.63, 3.8) is 0 Å². The van der Waals surface area contributed by atoms with Crippen LogP contribution in [0.3, 0.4) is 0 Å². The Morgan fingerprint density at radius 3 is 2.55 bits per heavy atom. The van der Waals surface area contributed by atoms with Crippen LogP contribution in [0.15, 0.2) is 23.1 Å². The van der Waals surface area contributed by atoms with Crippen molar-refractivity contribution in [3.8, 4) is 5.75 Å². The van der Waals surface area contributed by atoms with Gasteiger partial charge in [-0.2, -0.15) is 9.40 Å². The second-order valence-electron chi connectivity index (χ2n) is 8.31. The van der Waals surface area contributed by atoms with Crippen LogP contribution >= 0.6 is 0 Å². The van der Waals surface area contributed by atoms with Crippen LogP contribution in [0.1, 0.15) is 43.1 Å². The van der Waals surface area contributed by atoms with Crippen LogP contribution in [0.2, 0.25) is 0 Å². The van der Waals surface area contributed by atoms with E-state index in [1.165, 1.54) is 0 Å². The van der Waals surface area contributed by atoms with Crippen molar-refractivity contribution in [2.24, 2.45) is 5.92 Å². The van der Waals surface area contributed by atoms with Gasteiger partial charge in [-0.15, -0.1) is 0 Å². The van der Waals surface area contributed by atoms with Gasteiger partial charge < -0.3 is 10.1 Å². The third-order valence-corrected chi connectivity index (χ3v) is 7.99. The second-order valence-corrected chi connectivity index (χ2v) is 10.2. The molecule has 1 amide bonds. The number of rotatable bonds is 7. The zero-order valence-electron chi connectivity index (χ0n) is 18.9. The molecular weight excluding hydrogens is 416 g/mol. The maximum Gasteiger partial charge on any atom is 0.246 e. The van der Waals surface area contributed by atoms with Crippen LogP contribution in [-0.2, 0) is 21.4 Å². The highest BCUT2D eigenvalue weighted by atomic mass is 32.2. The van der Waals surface area contributed by atoms with Gasteiger partial charge in [0, 0.05) is 19.5 Å². The van der Waals surface area contributed by atoms with Gasteiger partial charge in [-0.1, -0.05) is 13.0 Å². The summed E-state index contributed by atoms with van der Waals surface area (Å²) in [7, 11) is -2.04. The molecule has 1 fully saturated rings. The first-order valence-corrected chi connectivity index (χ1v) is 12.1. The lowest BCUT2D eigenvalue weighted by Crippen LogP contribution is -2.38. The molecule has 0 radical (unpaired) electrons. The van der Waals surface area contributed by atoms with E-state index < -0.39 is 10.0 Å². The first kappa shape index (κ1) is 23.3. The molecular formula is C22H32N4O4S. The molecule has 1 N–H and O–H groups in total. The lowest BCUT2D eigenvalue weighted by Gasteiger charge is -2.29. The van der Waals surface area contributed by atoms with Gasteiger partial charge in [0.1, 0.15) is 10.6 Å². The number of sulfonamides is 1. The minimum absolute atomic E-state index is 0.166. The molecule has 2 aromatic rings. The topological polar surface area (TPSA) is 93.5 Å². The van der Waals surface area contributed by atoms with Crippen LogP contribution in [-0.4, -0.2) is 48.6 Å². The van der Waals surface area contributed by atoms with Crippen molar-refractivity contribution >= 4 is 21.6 Å². The Balaban J connectivity index is 1.71. The molecule has 9 heteroatoms. The van der Waals surface area contributed by atoms with Gasteiger partial charge in [0.2, 0.25) is 15.9 Å². The van der Waals surface area contributed by atoms with Crippen LogP contribution in [0.4, 0.5) is 5.69 Å². The fourth-order valence-corrected chi connectivity index (χ4v) is 5.81. The molecule has 0 bridgehead atoms. The molecule has 3 rings (SSSR count). The predicted molar refractivity (Wildman–Crippen MR) is 120 cm³/mol. The number of carbonyl (C=O) groups is 1. The summed E-state index contributed by atoms with van der Waals surface area (Å²) in [5.41, 5.74) is 2.66. The van der Waals surface area contributed by atoms with Gasteiger partial charge in [0.05, 0.1) is 30.7 Å². The maximum atomic E-state index is 13.2. The molecule has 1 aromatic heterocycles. The first-order chi connectivity index (χ1) is 14.6. The lowest BCUT2D eigenvalue weighted by molar-refractivity contribution is -0.116. The number of methoxy groups -OCH3 is 1. The maximum absolute atomic E-state index is 13.2. The SMILES string of the molecule is COc1ccc(C)cc1NC(=O)CCn1nc(C)c(S(=O)(=O)N2CCC(C)CC2)c1C. The Labute approximate surface area is 184 Å². The van der Waals surface area contributed by atoms with Gasteiger partial charge >= 0.3 is 0 Å². The van der Waals surface area contributed by atoms with Crippen LogP contribution < -0.4 is 10.1 Å². The number of nitrogens with zero attached hydrogens (tertiary/aromatic N) is 3. The molecule has 1 aliphatic rings. The van der Waals surface area contributed by atoms with E-state index in [4.69, 9.17) is 4.74 Å². The Bertz CT molecular complexity index is 1050. The molecule has 1 saturated heterocycles. The second kappa shape index (κ2) is 9.40. The molecule has 1 aliphatic heterocycles. The Morgan fingerprint density at radius 2 is 1.90 bits per heavy atom. The summed E-state index contributed by atoms with van der Waals surface area (Å²) in [6.07, 6.45) is 1.90. The van der Waals surface area contributed by atoms with Gasteiger partial charge in [-0.3, -0.25) is 9.48 Å². The number of aromatic nitrogens is 2. The number of hydrogen-bond donors (Lipinski definition) is 1. The van der Waals surface area contributed by atoms with Crippen LogP contribution in [0.25, 0.3) is 0 Å². The van der Waals surface area contributed by atoms with Crippen molar-refractivity contribution < 1.29 is 17.9 Å². The van der Waals surface area contributed by atoms with E-state index >= 15 is 0 Å². The van der Waals surface area contributed by atoms with E-state index in [2.05, 4.69) is 17.3 Å². The average Bonchev–Trinajstić information content (AvgIpc) is 3.00. The van der Waals surface area contributed by atoms with Crippen molar-refractivity contribution in [1.82, 2.24) is 14.1 Å². The number of anilines is 1. The highest BCUT2D eigenvalue weighted by Crippen LogP contribution is 2.28.